The summed E-state index contributed by atoms with van der Waals surface area (Å²) < 4.78 is 60.5. The topological polar surface area (TPSA) is 36.4 Å². The second-order valence-corrected chi connectivity index (χ2v) is 2.77. The van der Waals surface area contributed by atoms with Crippen molar-refractivity contribution in [3.8, 4) is 0 Å². The van der Waals surface area contributed by atoms with E-state index in [0.717, 1.165) is 0 Å². The summed E-state index contributed by atoms with van der Waals surface area (Å²) in [6.07, 6.45) is -3.69. The number of nitrogens with zero attached hydrogens (tertiary/aromatic N) is 2. The predicted octanol–water partition coefficient (Wildman–Crippen LogP) is 1.02. The number of rotatable bonds is 1. The molecule has 1 aromatic heterocycles. The highest BCUT2D eigenvalue weighted by molar-refractivity contribution is 9.10. The number of halogens is 1. The molecule has 4 heteroatoms. The smallest absolute Gasteiger partial charge is 0.106 e. The third-order valence-electron chi connectivity index (χ3n) is 1.20. The van der Waals surface area contributed by atoms with E-state index < -0.39 is 43.0 Å². The summed E-state index contributed by atoms with van der Waals surface area (Å²) in [5.74, 6) is 0. The molecule has 1 fully saturated rings. The van der Waals surface area contributed by atoms with Gasteiger partial charge in [0.2, 0.25) is 0 Å². The van der Waals surface area contributed by atoms with E-state index in [2.05, 4.69) is 20.9 Å². The Kier molecular flexibility index (Phi) is 0.747. The summed E-state index contributed by atoms with van der Waals surface area (Å²) in [5, 5.41) is 9.58. The van der Waals surface area contributed by atoms with Gasteiger partial charge in [0, 0.05) is 13.0 Å². The molecule has 1 aromatic rings. The van der Waals surface area contributed by atoms with E-state index in [1.54, 1.807) is 0 Å². The van der Waals surface area contributed by atoms with Crippen molar-refractivity contribution in [1.29, 1.82) is 0 Å². The summed E-state index contributed by atoms with van der Waals surface area (Å²) in [7, 11) is 0. The maximum Gasteiger partial charge on any atom is 0.106 e. The lowest BCUT2D eigenvalue weighted by atomic mass is 10.1. The van der Waals surface area contributed by atoms with E-state index in [1.807, 2.05) is 0 Å². The Bertz CT molecular complexity index is 574. The van der Waals surface area contributed by atoms with Crippen molar-refractivity contribution in [2.75, 3.05) is 17.9 Å². The average Bonchev–Trinajstić information content (AvgIpc) is 2.30. The molecule has 1 N–H and O–H groups in total. The monoisotopic (exact) mass is 236 g/mol. The Hall–Kier alpha value is -0.610. The fourth-order valence-electron chi connectivity index (χ4n) is 0.698. The Morgan fingerprint density at radius 2 is 2.58 bits per heavy atom. The van der Waals surface area contributed by atoms with Crippen LogP contribution in [0.5, 0.6) is 0 Å². The first-order chi connectivity index (χ1) is 8.87. The molecule has 0 unspecified atom stereocenters. The number of β-amino-alcohol motifs (C(OH)–C–C–N with tert-alkyl or cyclic N) is 1. The number of anilines is 1. The lowest BCUT2D eigenvalue weighted by Crippen LogP contribution is -2.50. The van der Waals surface area contributed by atoms with Crippen molar-refractivity contribution >= 4 is 21.6 Å². The van der Waals surface area contributed by atoms with Crippen molar-refractivity contribution in [3.05, 3.63) is 22.9 Å². The van der Waals surface area contributed by atoms with Crippen molar-refractivity contribution in [2.45, 2.75) is 6.08 Å². The van der Waals surface area contributed by atoms with E-state index in [1.165, 1.54) is 0 Å². The fourth-order valence-corrected chi connectivity index (χ4v) is 0.886. The van der Waals surface area contributed by atoms with E-state index in [-0.39, 0.29) is 4.60 Å². The summed E-state index contributed by atoms with van der Waals surface area (Å²) >= 11 is 2.87. The highest BCUT2D eigenvalue weighted by atomic mass is 79.9. The number of aliphatic hydroxyl groups is 1. The van der Waals surface area contributed by atoms with Crippen LogP contribution in [0.2, 0.25) is 0 Å². The fraction of sp³-hybridized carbons (Fsp3) is 0.375. The van der Waals surface area contributed by atoms with Gasteiger partial charge in [-0.1, -0.05) is 0 Å². The Morgan fingerprint density at radius 1 is 1.83 bits per heavy atom. The molecular weight excluding hydrogens is 220 g/mol. The summed E-state index contributed by atoms with van der Waals surface area (Å²) in [6.45, 7) is -5.71. The minimum Gasteiger partial charge on any atom is -0.389 e. The van der Waals surface area contributed by atoms with Gasteiger partial charge in [0.25, 0.3) is 0 Å². The molecule has 2 heterocycles. The number of hydrogen-bond donors (Lipinski definition) is 1. The third-order valence-corrected chi connectivity index (χ3v) is 1.58. The molecule has 0 atom stereocenters. The molecule has 1 saturated heterocycles. The molecule has 0 bridgehead atoms. The number of hydrogen-bond acceptors (Lipinski definition) is 3. The van der Waals surface area contributed by atoms with Crippen molar-refractivity contribution in [3.63, 3.8) is 0 Å². The molecule has 0 aliphatic carbocycles. The normalized spacial score (nSPS) is 38.3. The van der Waals surface area contributed by atoms with Gasteiger partial charge in [-0.05, 0) is 28.0 Å². The number of aromatic nitrogens is 1. The molecule has 0 aromatic carbocycles. The maximum atomic E-state index is 9.58. The summed E-state index contributed by atoms with van der Waals surface area (Å²) in [6, 6.07) is -1.05. The zero-order chi connectivity index (χ0) is 15.7. The first kappa shape index (κ1) is 2.96. The van der Waals surface area contributed by atoms with Crippen LogP contribution in [-0.2, 0) is 0 Å². The van der Waals surface area contributed by atoms with Crippen LogP contribution in [-0.4, -0.2) is 29.2 Å². The molecule has 1 aliphatic heterocycles. The summed E-state index contributed by atoms with van der Waals surface area (Å²) in [4.78, 5) is 3.87. The molecule has 64 valence electrons. The number of pyridine rings is 1. The summed E-state index contributed by atoms with van der Waals surface area (Å²) in [5.41, 5.74) is -0.579. The maximum absolute atomic E-state index is 9.58. The minimum atomic E-state index is -3.06. The molecule has 1 aliphatic rings. The minimum absolute atomic E-state index is 0.0981. The van der Waals surface area contributed by atoms with E-state index >= 15 is 0 Å². The quantitative estimate of drug-likeness (QED) is 0.741. The molecule has 0 spiro atoms. The van der Waals surface area contributed by atoms with E-state index in [0.29, 0.717) is 4.90 Å². The Balaban J connectivity index is 2.68. The molecule has 0 amide bonds. The van der Waals surface area contributed by atoms with Crippen LogP contribution in [0.4, 0.5) is 5.69 Å². The molecular formula is C8H9BrN2O. The average molecular weight is 237 g/mol. The predicted molar refractivity (Wildman–Crippen MR) is 50.2 cm³/mol. The molecule has 12 heavy (non-hydrogen) atoms. The van der Waals surface area contributed by atoms with Gasteiger partial charge in [-0.25, -0.2) is 4.98 Å². The van der Waals surface area contributed by atoms with Gasteiger partial charge in [-0.2, -0.15) is 0 Å². The highest BCUT2D eigenvalue weighted by Gasteiger charge is 2.24. The van der Waals surface area contributed by atoms with Gasteiger partial charge in [0.05, 0.1) is 28.9 Å². The van der Waals surface area contributed by atoms with E-state index in [9.17, 15) is 5.11 Å². The highest BCUT2D eigenvalue weighted by Crippen LogP contribution is 2.20. The van der Waals surface area contributed by atoms with Crippen LogP contribution >= 0.6 is 15.9 Å². The van der Waals surface area contributed by atoms with Crippen LogP contribution < -0.4 is 4.90 Å². The van der Waals surface area contributed by atoms with Crippen LogP contribution in [0.3, 0.4) is 0 Å². The molecule has 0 radical (unpaired) electrons. The Labute approximate surface area is 90.4 Å². The van der Waals surface area contributed by atoms with Gasteiger partial charge in [0.15, 0.2) is 0 Å². The SMILES string of the molecule is [2H]c1nc(Br)c([2H])c([2H])c1N1C([2H])([2H])C([2H])(O)C1([2H])[2H]. The zero-order valence-electron chi connectivity index (χ0n) is 13.7. The standard InChI is InChI=1S/C8H9BrN2O/c9-8-2-1-6(3-10-8)11-4-7(12)5-11/h1-3,7,12H,4-5H2/i1D,2D,3D,4D2,5D2,7D. The third kappa shape index (κ3) is 1.44. The van der Waals surface area contributed by atoms with Crippen molar-refractivity contribution < 1.29 is 16.1 Å². The van der Waals surface area contributed by atoms with Crippen LogP contribution in [0.25, 0.3) is 0 Å². The molecule has 3 nitrogen and oxygen atoms in total. The van der Waals surface area contributed by atoms with Crippen LogP contribution in [0, 0.1) is 0 Å². The Morgan fingerprint density at radius 3 is 3.33 bits per heavy atom. The van der Waals surface area contributed by atoms with Gasteiger partial charge < -0.3 is 10.0 Å². The first-order valence-corrected chi connectivity index (χ1v) is 3.82. The molecule has 0 saturated carbocycles. The largest absolute Gasteiger partial charge is 0.389 e. The van der Waals surface area contributed by atoms with Gasteiger partial charge in [0.1, 0.15) is 4.60 Å². The lowest BCUT2D eigenvalue weighted by Gasteiger charge is -2.37. The second kappa shape index (κ2) is 3.03. The van der Waals surface area contributed by atoms with E-state index in [4.69, 9.17) is 11.0 Å². The first-order valence-electron chi connectivity index (χ1n) is 7.03. The van der Waals surface area contributed by atoms with Crippen molar-refractivity contribution in [1.82, 2.24) is 4.98 Å². The lowest BCUT2D eigenvalue weighted by molar-refractivity contribution is 0.142. The van der Waals surface area contributed by atoms with Crippen LogP contribution in [0.1, 0.15) is 11.0 Å². The van der Waals surface area contributed by atoms with Gasteiger partial charge >= 0.3 is 0 Å². The molecule has 2 rings (SSSR count). The zero-order valence-corrected chi connectivity index (χ0v) is 7.31. The van der Waals surface area contributed by atoms with Gasteiger partial charge in [-0.3, -0.25) is 0 Å². The van der Waals surface area contributed by atoms with Crippen LogP contribution in [0.15, 0.2) is 22.9 Å². The van der Waals surface area contributed by atoms with Crippen molar-refractivity contribution in [2.24, 2.45) is 0 Å². The second-order valence-electron chi connectivity index (χ2n) is 2.02. The van der Waals surface area contributed by atoms with Gasteiger partial charge in [-0.15, -0.1) is 0 Å².